The third-order valence-corrected chi connectivity index (χ3v) is 5.81. The highest BCUT2D eigenvalue weighted by Gasteiger charge is 2.15. The Morgan fingerprint density at radius 3 is 2.10 bits per heavy atom. The van der Waals surface area contributed by atoms with E-state index in [1.54, 1.807) is 24.3 Å². The molecule has 0 aliphatic heterocycles. The molecule has 212 valence electrons. The van der Waals surface area contributed by atoms with Crippen molar-refractivity contribution >= 4 is 35.8 Å². The van der Waals surface area contributed by atoms with E-state index in [1.807, 2.05) is 31.1 Å². The standard InChI is InChI=1S/C32H26F2N4O4/c1-38(2)27-14-12-21(13-15-27)17-29(36-30(39)23-7-4-9-25(33)18-23)31(40)37-35-20-22-6-3-11-28(16-22)42-32(41)24-8-5-10-26(34)19-24/h3-20H,1-2H3,(H,36,39)(H,37,40). The zero-order chi connectivity index (χ0) is 30.1. The molecular formula is C32H26F2N4O4. The summed E-state index contributed by atoms with van der Waals surface area (Å²) in [6, 6.07) is 23.8. The largest absolute Gasteiger partial charge is 0.423 e. The number of ether oxygens (including phenoxy) is 1. The minimum atomic E-state index is -0.737. The maximum Gasteiger partial charge on any atom is 0.343 e. The van der Waals surface area contributed by atoms with Crippen LogP contribution < -0.4 is 20.4 Å². The van der Waals surface area contributed by atoms with Crippen LogP contribution in [0.15, 0.2) is 108 Å². The average molecular weight is 569 g/mol. The van der Waals surface area contributed by atoms with Crippen LogP contribution in [0.5, 0.6) is 5.75 Å². The Balaban J connectivity index is 1.49. The molecule has 0 atom stereocenters. The van der Waals surface area contributed by atoms with Crippen LogP contribution in [-0.2, 0) is 4.79 Å². The van der Waals surface area contributed by atoms with Crippen molar-refractivity contribution in [3.8, 4) is 5.75 Å². The minimum absolute atomic E-state index is 0.0322. The molecule has 4 rings (SSSR count). The lowest BCUT2D eigenvalue weighted by molar-refractivity contribution is -0.117. The van der Waals surface area contributed by atoms with Gasteiger partial charge in [-0.15, -0.1) is 0 Å². The highest BCUT2D eigenvalue weighted by atomic mass is 19.1. The normalized spacial score (nSPS) is 11.2. The molecule has 0 radical (unpaired) electrons. The second kappa shape index (κ2) is 13.6. The molecular weight excluding hydrogens is 542 g/mol. The second-order valence-corrected chi connectivity index (χ2v) is 9.18. The van der Waals surface area contributed by atoms with Gasteiger partial charge in [0.25, 0.3) is 11.8 Å². The lowest BCUT2D eigenvalue weighted by Crippen LogP contribution is -2.32. The number of carbonyl (C=O) groups excluding carboxylic acids is 3. The van der Waals surface area contributed by atoms with Gasteiger partial charge in [-0.2, -0.15) is 5.10 Å². The SMILES string of the molecule is CN(C)c1ccc(C=C(NC(=O)c2cccc(F)c2)C(=O)NN=Cc2cccc(OC(=O)c3cccc(F)c3)c2)cc1. The number of carbonyl (C=O) groups is 3. The second-order valence-electron chi connectivity index (χ2n) is 9.18. The molecule has 0 spiro atoms. The van der Waals surface area contributed by atoms with E-state index in [2.05, 4.69) is 15.8 Å². The van der Waals surface area contributed by atoms with Gasteiger partial charge in [-0.3, -0.25) is 9.59 Å². The topological polar surface area (TPSA) is 100 Å². The predicted molar refractivity (Wildman–Crippen MR) is 156 cm³/mol. The molecule has 2 amide bonds. The third-order valence-electron chi connectivity index (χ3n) is 5.81. The number of nitrogens with one attached hydrogen (secondary N) is 2. The maximum atomic E-state index is 13.7. The van der Waals surface area contributed by atoms with E-state index in [0.717, 1.165) is 17.8 Å². The van der Waals surface area contributed by atoms with Crippen molar-refractivity contribution in [2.24, 2.45) is 5.10 Å². The number of nitrogens with zero attached hydrogens (tertiary/aromatic N) is 2. The Hall–Kier alpha value is -5.64. The predicted octanol–water partition coefficient (Wildman–Crippen LogP) is 5.17. The number of anilines is 1. The van der Waals surface area contributed by atoms with Crippen LogP contribution in [0.4, 0.5) is 14.5 Å². The molecule has 0 bridgehead atoms. The molecule has 0 aliphatic carbocycles. The summed E-state index contributed by atoms with van der Waals surface area (Å²) in [4.78, 5) is 40.1. The smallest absolute Gasteiger partial charge is 0.343 e. The van der Waals surface area contributed by atoms with Gasteiger partial charge in [0.15, 0.2) is 0 Å². The Kier molecular flexibility index (Phi) is 9.52. The molecule has 8 nitrogen and oxygen atoms in total. The summed E-state index contributed by atoms with van der Waals surface area (Å²) in [5.41, 5.74) is 4.36. The molecule has 4 aromatic rings. The van der Waals surface area contributed by atoms with Gasteiger partial charge in [-0.05, 0) is 77.9 Å². The molecule has 0 saturated carbocycles. The van der Waals surface area contributed by atoms with Gasteiger partial charge in [0.2, 0.25) is 0 Å². The van der Waals surface area contributed by atoms with Crippen molar-refractivity contribution in [3.05, 3.63) is 137 Å². The number of hydrazone groups is 1. The summed E-state index contributed by atoms with van der Waals surface area (Å²) in [6.07, 6.45) is 2.78. The first-order chi connectivity index (χ1) is 20.2. The fourth-order valence-electron chi connectivity index (χ4n) is 3.68. The highest BCUT2D eigenvalue weighted by Crippen LogP contribution is 2.16. The van der Waals surface area contributed by atoms with Gasteiger partial charge < -0.3 is 15.0 Å². The van der Waals surface area contributed by atoms with Gasteiger partial charge in [-0.25, -0.2) is 19.0 Å². The summed E-state index contributed by atoms with van der Waals surface area (Å²) in [6.45, 7) is 0. The van der Waals surface area contributed by atoms with E-state index >= 15 is 0 Å². The number of benzene rings is 4. The first-order valence-electron chi connectivity index (χ1n) is 12.6. The van der Waals surface area contributed by atoms with Crippen molar-refractivity contribution in [2.75, 3.05) is 19.0 Å². The number of amides is 2. The summed E-state index contributed by atoms with van der Waals surface area (Å²) >= 11 is 0. The Morgan fingerprint density at radius 1 is 0.786 bits per heavy atom. The number of rotatable bonds is 9. The molecule has 4 aromatic carbocycles. The zero-order valence-corrected chi connectivity index (χ0v) is 22.7. The fourth-order valence-corrected chi connectivity index (χ4v) is 3.68. The van der Waals surface area contributed by atoms with Crippen LogP contribution in [0.3, 0.4) is 0 Å². The molecule has 2 N–H and O–H groups in total. The highest BCUT2D eigenvalue weighted by molar-refractivity contribution is 6.05. The van der Waals surface area contributed by atoms with Gasteiger partial charge in [0, 0.05) is 25.3 Å². The molecule has 0 heterocycles. The van der Waals surface area contributed by atoms with Gasteiger partial charge in [-0.1, -0.05) is 36.4 Å². The van der Waals surface area contributed by atoms with E-state index in [9.17, 15) is 23.2 Å². The van der Waals surface area contributed by atoms with Crippen LogP contribution in [-0.4, -0.2) is 38.1 Å². The molecule has 0 saturated heterocycles. The van der Waals surface area contributed by atoms with Crippen molar-refractivity contribution in [3.63, 3.8) is 0 Å². The first kappa shape index (κ1) is 29.3. The first-order valence-corrected chi connectivity index (χ1v) is 12.6. The monoisotopic (exact) mass is 568 g/mol. The van der Waals surface area contributed by atoms with Gasteiger partial charge in [0.1, 0.15) is 23.1 Å². The molecule has 0 unspecified atom stereocenters. The number of esters is 1. The lowest BCUT2D eigenvalue weighted by Gasteiger charge is -2.12. The molecule has 10 heteroatoms. The Labute approximate surface area is 240 Å². The maximum absolute atomic E-state index is 13.7. The van der Waals surface area contributed by atoms with Crippen LogP contribution in [0.2, 0.25) is 0 Å². The van der Waals surface area contributed by atoms with Gasteiger partial charge >= 0.3 is 5.97 Å². The van der Waals surface area contributed by atoms with E-state index in [4.69, 9.17) is 4.74 Å². The molecule has 42 heavy (non-hydrogen) atoms. The van der Waals surface area contributed by atoms with E-state index in [1.165, 1.54) is 60.8 Å². The lowest BCUT2D eigenvalue weighted by atomic mass is 10.1. The summed E-state index contributed by atoms with van der Waals surface area (Å²) < 4.78 is 32.4. The quantitative estimate of drug-likeness (QED) is 0.0954. The average Bonchev–Trinajstić information content (AvgIpc) is 2.97. The Morgan fingerprint density at radius 2 is 1.43 bits per heavy atom. The van der Waals surface area contributed by atoms with Crippen LogP contribution in [0.1, 0.15) is 31.8 Å². The minimum Gasteiger partial charge on any atom is -0.423 e. The van der Waals surface area contributed by atoms with Crippen LogP contribution in [0, 0.1) is 11.6 Å². The summed E-state index contributed by atoms with van der Waals surface area (Å²) in [7, 11) is 3.79. The number of hydrogen-bond acceptors (Lipinski definition) is 6. The van der Waals surface area contributed by atoms with Crippen LogP contribution >= 0.6 is 0 Å². The van der Waals surface area contributed by atoms with Crippen LogP contribution in [0.25, 0.3) is 6.08 Å². The Bertz CT molecular complexity index is 1670. The summed E-state index contributed by atoms with van der Waals surface area (Å²) in [5.74, 6) is -3.13. The van der Waals surface area contributed by atoms with E-state index in [0.29, 0.717) is 11.1 Å². The van der Waals surface area contributed by atoms with Crippen molar-refractivity contribution in [1.82, 2.24) is 10.7 Å². The number of hydrogen-bond donors (Lipinski definition) is 2. The number of halogens is 2. The molecule has 0 aliphatic rings. The molecule has 0 aromatic heterocycles. The van der Waals surface area contributed by atoms with Crippen molar-refractivity contribution in [2.45, 2.75) is 0 Å². The third kappa shape index (κ3) is 8.18. The fraction of sp³-hybridized carbons (Fsp3) is 0.0625. The van der Waals surface area contributed by atoms with Gasteiger partial charge in [0.05, 0.1) is 11.8 Å². The zero-order valence-electron chi connectivity index (χ0n) is 22.7. The summed E-state index contributed by atoms with van der Waals surface area (Å²) in [5, 5.41) is 6.47. The van der Waals surface area contributed by atoms with E-state index in [-0.39, 0.29) is 22.6 Å². The van der Waals surface area contributed by atoms with E-state index < -0.39 is 29.4 Å². The van der Waals surface area contributed by atoms with Crippen molar-refractivity contribution < 1.29 is 27.9 Å². The van der Waals surface area contributed by atoms with Crippen molar-refractivity contribution in [1.29, 1.82) is 0 Å². The molecule has 0 fully saturated rings.